The number of nitrogens with zero attached hydrogens (tertiary/aromatic N) is 1. The van der Waals surface area contributed by atoms with Gasteiger partial charge in [-0.25, -0.2) is 0 Å². The normalized spacial score (nSPS) is 10.4. The second-order valence-corrected chi connectivity index (χ2v) is 5.32. The van der Waals surface area contributed by atoms with Gasteiger partial charge in [0.15, 0.2) is 0 Å². The highest BCUT2D eigenvalue weighted by Gasteiger charge is 2.17. The van der Waals surface area contributed by atoms with E-state index in [1.165, 1.54) is 11.1 Å². The molecule has 3 nitrogen and oxygen atoms in total. The Morgan fingerprint density at radius 3 is 2.48 bits per heavy atom. The summed E-state index contributed by atoms with van der Waals surface area (Å²) in [5, 5.41) is 0. The molecule has 0 fully saturated rings. The highest BCUT2D eigenvalue weighted by Crippen LogP contribution is 2.17. The Labute approximate surface area is 126 Å². The van der Waals surface area contributed by atoms with E-state index < -0.39 is 0 Å². The van der Waals surface area contributed by atoms with E-state index in [1.807, 2.05) is 43.0 Å². The molecule has 0 atom stereocenters. The fourth-order valence-electron chi connectivity index (χ4n) is 2.36. The maximum atomic E-state index is 12.7. The highest BCUT2D eigenvalue weighted by molar-refractivity contribution is 5.96. The molecule has 0 saturated carbocycles. The minimum atomic E-state index is 0.0329. The molecule has 3 heteroatoms. The van der Waals surface area contributed by atoms with Gasteiger partial charge in [-0.3, -0.25) is 4.79 Å². The molecule has 0 heterocycles. The predicted octanol–water partition coefficient (Wildman–Crippen LogP) is 3.55. The van der Waals surface area contributed by atoms with E-state index in [2.05, 4.69) is 19.1 Å². The standard InChI is InChI=1S/C18H22N2O/c1-4-20(12-15-8-6-5-7-13(15)2)18(21)17-11-16(19)10-9-14(17)3/h5-11H,4,12,19H2,1-3H3. The van der Waals surface area contributed by atoms with Crippen LogP contribution >= 0.6 is 0 Å². The van der Waals surface area contributed by atoms with E-state index >= 15 is 0 Å². The molecular weight excluding hydrogens is 260 g/mol. The average Bonchev–Trinajstić information content (AvgIpc) is 2.48. The van der Waals surface area contributed by atoms with Gasteiger partial charge in [-0.2, -0.15) is 0 Å². The van der Waals surface area contributed by atoms with Crippen molar-refractivity contribution in [3.63, 3.8) is 0 Å². The molecule has 2 aromatic rings. The molecule has 2 aromatic carbocycles. The quantitative estimate of drug-likeness (QED) is 0.872. The van der Waals surface area contributed by atoms with Crippen LogP contribution in [-0.4, -0.2) is 17.4 Å². The van der Waals surface area contributed by atoms with Crippen LogP contribution in [0.15, 0.2) is 42.5 Å². The summed E-state index contributed by atoms with van der Waals surface area (Å²) in [5.41, 5.74) is 10.5. The molecular formula is C18H22N2O. The van der Waals surface area contributed by atoms with Gasteiger partial charge in [-0.15, -0.1) is 0 Å². The van der Waals surface area contributed by atoms with Crippen molar-refractivity contribution >= 4 is 11.6 Å². The summed E-state index contributed by atoms with van der Waals surface area (Å²) < 4.78 is 0. The third kappa shape index (κ3) is 3.43. The Hall–Kier alpha value is -2.29. The van der Waals surface area contributed by atoms with E-state index in [-0.39, 0.29) is 5.91 Å². The van der Waals surface area contributed by atoms with Crippen molar-refractivity contribution < 1.29 is 4.79 Å². The Balaban J connectivity index is 2.27. The van der Waals surface area contributed by atoms with Gasteiger partial charge in [0.25, 0.3) is 5.91 Å². The number of nitrogens with two attached hydrogens (primary N) is 1. The molecule has 1 amide bonds. The van der Waals surface area contributed by atoms with E-state index in [4.69, 9.17) is 5.73 Å². The summed E-state index contributed by atoms with van der Waals surface area (Å²) in [6.45, 7) is 7.29. The first-order chi connectivity index (χ1) is 10.0. The summed E-state index contributed by atoms with van der Waals surface area (Å²) >= 11 is 0. The molecule has 0 aromatic heterocycles. The molecule has 0 radical (unpaired) electrons. The zero-order chi connectivity index (χ0) is 15.4. The summed E-state index contributed by atoms with van der Waals surface area (Å²) in [5.74, 6) is 0.0329. The molecule has 0 aliphatic heterocycles. The van der Waals surface area contributed by atoms with Gasteiger partial charge in [0, 0.05) is 24.3 Å². The fraction of sp³-hybridized carbons (Fsp3) is 0.278. The number of aryl methyl sites for hydroxylation is 2. The zero-order valence-electron chi connectivity index (χ0n) is 12.9. The molecule has 0 aliphatic carbocycles. The number of hydrogen-bond acceptors (Lipinski definition) is 2. The number of rotatable bonds is 4. The smallest absolute Gasteiger partial charge is 0.254 e. The van der Waals surface area contributed by atoms with Crippen LogP contribution in [0.5, 0.6) is 0 Å². The number of benzene rings is 2. The van der Waals surface area contributed by atoms with Gasteiger partial charge in [0.1, 0.15) is 0 Å². The Bertz CT molecular complexity index is 649. The summed E-state index contributed by atoms with van der Waals surface area (Å²) in [4.78, 5) is 14.6. The van der Waals surface area contributed by atoms with Crippen molar-refractivity contribution in [1.29, 1.82) is 0 Å². The highest BCUT2D eigenvalue weighted by atomic mass is 16.2. The van der Waals surface area contributed by atoms with Crippen molar-refractivity contribution in [2.45, 2.75) is 27.3 Å². The van der Waals surface area contributed by atoms with Gasteiger partial charge in [0.05, 0.1) is 0 Å². The van der Waals surface area contributed by atoms with Crippen LogP contribution in [0.1, 0.15) is 34.0 Å². The number of carbonyl (C=O) groups is 1. The number of carbonyl (C=O) groups excluding carboxylic acids is 1. The lowest BCUT2D eigenvalue weighted by molar-refractivity contribution is 0.0751. The minimum absolute atomic E-state index is 0.0329. The largest absolute Gasteiger partial charge is 0.399 e. The third-order valence-corrected chi connectivity index (χ3v) is 3.78. The lowest BCUT2D eigenvalue weighted by atomic mass is 10.0. The monoisotopic (exact) mass is 282 g/mol. The second kappa shape index (κ2) is 6.44. The Morgan fingerprint density at radius 1 is 1.10 bits per heavy atom. The number of nitrogen functional groups attached to an aromatic ring is 1. The topological polar surface area (TPSA) is 46.3 Å². The van der Waals surface area contributed by atoms with Crippen LogP contribution in [0, 0.1) is 13.8 Å². The molecule has 2 N–H and O–H groups in total. The third-order valence-electron chi connectivity index (χ3n) is 3.78. The lowest BCUT2D eigenvalue weighted by Gasteiger charge is -2.23. The first kappa shape index (κ1) is 15.1. The molecule has 110 valence electrons. The minimum Gasteiger partial charge on any atom is -0.399 e. The van der Waals surface area contributed by atoms with Crippen LogP contribution < -0.4 is 5.73 Å². The molecule has 0 saturated heterocycles. The van der Waals surface area contributed by atoms with Gasteiger partial charge < -0.3 is 10.6 Å². The van der Waals surface area contributed by atoms with Crippen LogP contribution in [0.25, 0.3) is 0 Å². The lowest BCUT2D eigenvalue weighted by Crippen LogP contribution is -2.31. The number of amides is 1. The average molecular weight is 282 g/mol. The van der Waals surface area contributed by atoms with Gasteiger partial charge in [-0.05, 0) is 49.6 Å². The summed E-state index contributed by atoms with van der Waals surface area (Å²) in [7, 11) is 0. The van der Waals surface area contributed by atoms with Gasteiger partial charge >= 0.3 is 0 Å². The van der Waals surface area contributed by atoms with Crippen molar-refractivity contribution in [3.05, 3.63) is 64.7 Å². The van der Waals surface area contributed by atoms with E-state index in [9.17, 15) is 4.79 Å². The van der Waals surface area contributed by atoms with E-state index in [0.717, 1.165) is 5.56 Å². The number of anilines is 1. The fourth-order valence-corrected chi connectivity index (χ4v) is 2.36. The summed E-state index contributed by atoms with van der Waals surface area (Å²) in [6.07, 6.45) is 0. The predicted molar refractivity (Wildman–Crippen MR) is 87.2 cm³/mol. The molecule has 0 spiro atoms. The number of hydrogen-bond donors (Lipinski definition) is 1. The van der Waals surface area contributed by atoms with Crippen LogP contribution in [0.3, 0.4) is 0 Å². The van der Waals surface area contributed by atoms with Crippen LogP contribution in [-0.2, 0) is 6.54 Å². The summed E-state index contributed by atoms with van der Waals surface area (Å²) in [6, 6.07) is 13.6. The van der Waals surface area contributed by atoms with E-state index in [1.54, 1.807) is 6.07 Å². The van der Waals surface area contributed by atoms with Gasteiger partial charge in [-0.1, -0.05) is 30.3 Å². The van der Waals surface area contributed by atoms with Crippen molar-refractivity contribution in [1.82, 2.24) is 4.90 Å². The van der Waals surface area contributed by atoms with Crippen molar-refractivity contribution in [2.24, 2.45) is 0 Å². The molecule has 2 rings (SSSR count). The van der Waals surface area contributed by atoms with Gasteiger partial charge in [0.2, 0.25) is 0 Å². The molecule has 0 bridgehead atoms. The SMILES string of the molecule is CCN(Cc1ccccc1C)C(=O)c1cc(N)ccc1C. The van der Waals surface area contributed by atoms with Crippen molar-refractivity contribution in [2.75, 3.05) is 12.3 Å². The Morgan fingerprint density at radius 2 is 1.81 bits per heavy atom. The maximum absolute atomic E-state index is 12.7. The maximum Gasteiger partial charge on any atom is 0.254 e. The van der Waals surface area contributed by atoms with E-state index in [0.29, 0.717) is 24.3 Å². The van der Waals surface area contributed by atoms with Crippen molar-refractivity contribution in [3.8, 4) is 0 Å². The first-order valence-electron chi connectivity index (χ1n) is 7.22. The molecule has 0 aliphatic rings. The molecule has 21 heavy (non-hydrogen) atoms. The zero-order valence-corrected chi connectivity index (χ0v) is 12.9. The van der Waals surface area contributed by atoms with Crippen LogP contribution in [0.2, 0.25) is 0 Å². The Kier molecular flexibility index (Phi) is 4.63. The first-order valence-corrected chi connectivity index (χ1v) is 7.22. The van der Waals surface area contributed by atoms with Crippen LogP contribution in [0.4, 0.5) is 5.69 Å². The second-order valence-electron chi connectivity index (χ2n) is 5.32. The molecule has 0 unspecified atom stereocenters.